The molecule has 0 aromatic carbocycles. The smallest absolute Gasteiger partial charge is 0.0477 e. The quantitative estimate of drug-likeness (QED) is 0.540. The van der Waals surface area contributed by atoms with Crippen molar-refractivity contribution in [2.24, 2.45) is 5.41 Å². The average Bonchev–Trinajstić information content (AvgIpc) is 1.90. The topological polar surface area (TPSA) is 15.3 Å². The lowest BCUT2D eigenvalue weighted by atomic mass is 9.89. The van der Waals surface area contributed by atoms with Crippen LogP contribution in [-0.4, -0.2) is 31.7 Å². The number of nitrogens with one attached hydrogen (secondary N) is 1. The van der Waals surface area contributed by atoms with Gasteiger partial charge in [-0.05, 0) is 25.4 Å². The standard InChI is InChI=1S/C8H18N2/c1-8(2)4-5-9-7-10(3)6-8/h9H,4-7H2,1-3H3. The summed E-state index contributed by atoms with van der Waals surface area (Å²) in [5.41, 5.74) is 0.498. The van der Waals surface area contributed by atoms with Gasteiger partial charge in [-0.2, -0.15) is 0 Å². The van der Waals surface area contributed by atoms with Crippen LogP contribution in [0.5, 0.6) is 0 Å². The Kier molecular flexibility index (Phi) is 2.32. The second-order valence-corrected chi connectivity index (χ2v) is 4.09. The first-order valence-electron chi connectivity index (χ1n) is 3.99. The van der Waals surface area contributed by atoms with Crippen molar-refractivity contribution in [1.29, 1.82) is 0 Å². The molecule has 1 saturated heterocycles. The van der Waals surface area contributed by atoms with Crippen LogP contribution in [0.15, 0.2) is 0 Å². The summed E-state index contributed by atoms with van der Waals surface area (Å²) >= 11 is 0. The van der Waals surface area contributed by atoms with Gasteiger partial charge in [-0.3, -0.25) is 4.90 Å². The zero-order valence-electron chi connectivity index (χ0n) is 7.28. The fourth-order valence-electron chi connectivity index (χ4n) is 1.56. The predicted octanol–water partition coefficient (Wildman–Crippen LogP) is 0.895. The molecule has 0 bridgehead atoms. The highest BCUT2D eigenvalue weighted by molar-refractivity contribution is 4.75. The van der Waals surface area contributed by atoms with Crippen LogP contribution in [-0.2, 0) is 0 Å². The van der Waals surface area contributed by atoms with Crippen molar-refractivity contribution in [3.63, 3.8) is 0 Å². The van der Waals surface area contributed by atoms with Gasteiger partial charge in [0.05, 0.1) is 0 Å². The Morgan fingerprint density at radius 2 is 2.10 bits per heavy atom. The van der Waals surface area contributed by atoms with Crippen molar-refractivity contribution in [2.75, 3.05) is 26.8 Å². The minimum atomic E-state index is 0.498. The molecular formula is C8H18N2. The Bertz CT molecular complexity index is 110. The summed E-state index contributed by atoms with van der Waals surface area (Å²) in [6, 6.07) is 0. The van der Waals surface area contributed by atoms with E-state index in [1.54, 1.807) is 0 Å². The average molecular weight is 142 g/mol. The van der Waals surface area contributed by atoms with Gasteiger partial charge in [-0.25, -0.2) is 0 Å². The molecule has 60 valence electrons. The molecule has 0 aliphatic carbocycles. The molecule has 0 amide bonds. The van der Waals surface area contributed by atoms with Crippen molar-refractivity contribution in [3.05, 3.63) is 0 Å². The molecule has 2 nitrogen and oxygen atoms in total. The predicted molar refractivity (Wildman–Crippen MR) is 43.9 cm³/mol. The van der Waals surface area contributed by atoms with Crippen LogP contribution in [0.2, 0.25) is 0 Å². The number of hydrogen-bond acceptors (Lipinski definition) is 2. The first-order valence-corrected chi connectivity index (χ1v) is 3.99. The minimum absolute atomic E-state index is 0.498. The Balaban J connectivity index is 2.46. The van der Waals surface area contributed by atoms with Gasteiger partial charge in [-0.1, -0.05) is 13.8 Å². The van der Waals surface area contributed by atoms with E-state index < -0.39 is 0 Å². The molecule has 1 fully saturated rings. The molecule has 0 aromatic heterocycles. The summed E-state index contributed by atoms with van der Waals surface area (Å²) in [4.78, 5) is 2.34. The van der Waals surface area contributed by atoms with Gasteiger partial charge in [0, 0.05) is 13.2 Å². The third-order valence-corrected chi connectivity index (χ3v) is 2.06. The van der Waals surface area contributed by atoms with Crippen molar-refractivity contribution in [1.82, 2.24) is 10.2 Å². The van der Waals surface area contributed by atoms with E-state index in [0.717, 1.165) is 13.2 Å². The molecule has 1 rings (SSSR count). The molecule has 0 spiro atoms. The molecule has 0 atom stereocenters. The van der Waals surface area contributed by atoms with E-state index in [4.69, 9.17) is 0 Å². The maximum atomic E-state index is 3.38. The maximum Gasteiger partial charge on any atom is 0.0477 e. The number of hydrogen-bond donors (Lipinski definition) is 1. The third kappa shape index (κ3) is 2.27. The Morgan fingerprint density at radius 1 is 1.40 bits per heavy atom. The van der Waals surface area contributed by atoms with E-state index in [0.29, 0.717) is 5.41 Å². The lowest BCUT2D eigenvalue weighted by Gasteiger charge is -2.25. The molecule has 0 radical (unpaired) electrons. The third-order valence-electron chi connectivity index (χ3n) is 2.06. The molecule has 0 saturated carbocycles. The summed E-state index contributed by atoms with van der Waals surface area (Å²) in [6.45, 7) is 8.08. The Labute approximate surface area is 63.6 Å². The van der Waals surface area contributed by atoms with E-state index in [1.165, 1.54) is 13.0 Å². The highest BCUT2D eigenvalue weighted by Gasteiger charge is 2.21. The summed E-state index contributed by atoms with van der Waals surface area (Å²) in [6.07, 6.45) is 1.29. The molecular weight excluding hydrogens is 124 g/mol. The van der Waals surface area contributed by atoms with Gasteiger partial charge in [0.1, 0.15) is 0 Å². The second kappa shape index (κ2) is 2.89. The molecule has 2 heteroatoms. The summed E-state index contributed by atoms with van der Waals surface area (Å²) in [5, 5.41) is 3.38. The SMILES string of the molecule is CN1CNCCC(C)(C)C1. The molecule has 0 unspecified atom stereocenters. The molecule has 10 heavy (non-hydrogen) atoms. The fourth-order valence-corrected chi connectivity index (χ4v) is 1.56. The van der Waals surface area contributed by atoms with Crippen molar-refractivity contribution in [3.8, 4) is 0 Å². The van der Waals surface area contributed by atoms with Gasteiger partial charge in [-0.15, -0.1) is 0 Å². The lowest BCUT2D eigenvalue weighted by Crippen LogP contribution is -2.32. The zero-order valence-corrected chi connectivity index (χ0v) is 7.28. The van der Waals surface area contributed by atoms with Crippen molar-refractivity contribution in [2.45, 2.75) is 20.3 Å². The van der Waals surface area contributed by atoms with Crippen LogP contribution in [0.25, 0.3) is 0 Å². The highest BCUT2D eigenvalue weighted by Crippen LogP contribution is 2.21. The summed E-state index contributed by atoms with van der Waals surface area (Å²) in [5.74, 6) is 0. The first kappa shape index (κ1) is 8.02. The monoisotopic (exact) mass is 142 g/mol. The largest absolute Gasteiger partial charge is 0.304 e. The molecule has 1 aliphatic heterocycles. The van der Waals surface area contributed by atoms with Gasteiger partial charge < -0.3 is 5.32 Å². The lowest BCUT2D eigenvalue weighted by molar-refractivity contribution is 0.227. The van der Waals surface area contributed by atoms with E-state index in [9.17, 15) is 0 Å². The summed E-state index contributed by atoms with van der Waals surface area (Å²) < 4.78 is 0. The molecule has 0 aromatic rings. The van der Waals surface area contributed by atoms with Crippen LogP contribution in [0.4, 0.5) is 0 Å². The normalized spacial score (nSPS) is 27.9. The van der Waals surface area contributed by atoms with Crippen LogP contribution >= 0.6 is 0 Å². The maximum absolute atomic E-state index is 3.38. The molecule has 1 N–H and O–H groups in total. The summed E-state index contributed by atoms with van der Waals surface area (Å²) in [7, 11) is 2.17. The van der Waals surface area contributed by atoms with E-state index in [1.807, 2.05) is 0 Å². The van der Waals surface area contributed by atoms with Crippen molar-refractivity contribution >= 4 is 0 Å². The van der Waals surface area contributed by atoms with Crippen LogP contribution < -0.4 is 5.32 Å². The highest BCUT2D eigenvalue weighted by atomic mass is 15.2. The van der Waals surface area contributed by atoms with E-state index in [-0.39, 0.29) is 0 Å². The van der Waals surface area contributed by atoms with Crippen molar-refractivity contribution < 1.29 is 0 Å². The zero-order chi connectivity index (χ0) is 7.61. The first-order chi connectivity index (χ1) is 4.60. The van der Waals surface area contributed by atoms with Gasteiger partial charge >= 0.3 is 0 Å². The van der Waals surface area contributed by atoms with E-state index >= 15 is 0 Å². The van der Waals surface area contributed by atoms with Gasteiger partial charge in [0.15, 0.2) is 0 Å². The fraction of sp³-hybridized carbons (Fsp3) is 1.00. The van der Waals surface area contributed by atoms with Crippen LogP contribution in [0.1, 0.15) is 20.3 Å². The van der Waals surface area contributed by atoms with Crippen LogP contribution in [0.3, 0.4) is 0 Å². The van der Waals surface area contributed by atoms with Crippen LogP contribution in [0, 0.1) is 5.41 Å². The molecule has 1 aliphatic rings. The second-order valence-electron chi connectivity index (χ2n) is 4.09. The molecule has 1 heterocycles. The Hall–Kier alpha value is -0.0800. The van der Waals surface area contributed by atoms with Gasteiger partial charge in [0.2, 0.25) is 0 Å². The number of rotatable bonds is 0. The number of nitrogens with zero attached hydrogens (tertiary/aromatic N) is 1. The van der Waals surface area contributed by atoms with E-state index in [2.05, 4.69) is 31.1 Å². The van der Waals surface area contributed by atoms with Gasteiger partial charge in [0.25, 0.3) is 0 Å². The minimum Gasteiger partial charge on any atom is -0.304 e. The Morgan fingerprint density at radius 3 is 2.80 bits per heavy atom.